The summed E-state index contributed by atoms with van der Waals surface area (Å²) in [7, 11) is 0. The van der Waals surface area contributed by atoms with Gasteiger partial charge in [-0.3, -0.25) is 4.79 Å². The first kappa shape index (κ1) is 55.3. The predicted octanol–water partition coefficient (Wildman–Crippen LogP) is 14.9. The molecule has 0 aliphatic heterocycles. The molecule has 1 amide bonds. The lowest BCUT2D eigenvalue weighted by Gasteiger charge is -2.26. The van der Waals surface area contributed by atoms with Crippen LogP contribution in [0.5, 0.6) is 0 Å². The van der Waals surface area contributed by atoms with Crippen LogP contribution >= 0.6 is 0 Å². The Balaban J connectivity index is 3.64. The fourth-order valence-electron chi connectivity index (χ4n) is 7.57. The number of amides is 1. The maximum atomic E-state index is 12.5. The molecule has 0 aliphatic carbocycles. The third-order valence-corrected chi connectivity index (χ3v) is 11.4. The highest BCUT2D eigenvalue weighted by Gasteiger charge is 2.26. The van der Waals surface area contributed by atoms with E-state index in [9.17, 15) is 20.1 Å². The van der Waals surface area contributed by atoms with E-state index in [2.05, 4.69) is 67.8 Å². The molecule has 0 heterocycles. The number of hydrogen-bond acceptors (Lipinski definition) is 4. The molecule has 0 spiro atoms. The molecular formula is C52H97NO4. The number of allylic oxidation sites excluding steroid dienone is 8. The number of carbonyl (C=O) groups is 1. The molecule has 0 saturated heterocycles. The zero-order chi connectivity index (χ0) is 41.5. The normalized spacial score (nSPS) is 13.8. The largest absolute Gasteiger partial charge is 0.394 e. The SMILES string of the molecule is CC/C=C\C/C=C\CCCCCCCCCCCCCCCCC(=O)NC(CO)C(O)C(O)CCC/C=C/CC/C=C/CCCCCCCCCCCCCCC. The Morgan fingerprint density at radius 3 is 1.26 bits per heavy atom. The first-order valence-corrected chi connectivity index (χ1v) is 24.9. The molecule has 5 nitrogen and oxygen atoms in total. The van der Waals surface area contributed by atoms with Gasteiger partial charge in [-0.2, -0.15) is 0 Å². The Kier molecular flexibility index (Phi) is 45.6. The van der Waals surface area contributed by atoms with Crippen LogP contribution in [0.3, 0.4) is 0 Å². The van der Waals surface area contributed by atoms with E-state index in [0.29, 0.717) is 12.8 Å². The third-order valence-electron chi connectivity index (χ3n) is 11.4. The maximum absolute atomic E-state index is 12.5. The van der Waals surface area contributed by atoms with Gasteiger partial charge in [0.25, 0.3) is 0 Å². The molecule has 0 fully saturated rings. The van der Waals surface area contributed by atoms with Crippen LogP contribution in [-0.4, -0.2) is 46.1 Å². The van der Waals surface area contributed by atoms with Gasteiger partial charge in [-0.15, -0.1) is 0 Å². The first-order chi connectivity index (χ1) is 28.1. The van der Waals surface area contributed by atoms with E-state index in [1.54, 1.807) is 0 Å². The second-order valence-electron chi connectivity index (χ2n) is 17.0. The molecule has 0 radical (unpaired) electrons. The average molecular weight is 800 g/mol. The average Bonchev–Trinajstić information content (AvgIpc) is 3.22. The summed E-state index contributed by atoms with van der Waals surface area (Å²) in [6, 6.07) is -0.833. The molecule has 0 aliphatic rings. The lowest BCUT2D eigenvalue weighted by molar-refractivity contribution is -0.124. The van der Waals surface area contributed by atoms with Crippen molar-refractivity contribution in [2.45, 2.75) is 270 Å². The van der Waals surface area contributed by atoms with Crippen LogP contribution in [0.4, 0.5) is 0 Å². The van der Waals surface area contributed by atoms with Gasteiger partial charge in [0.1, 0.15) is 6.10 Å². The summed E-state index contributed by atoms with van der Waals surface area (Å²) in [4.78, 5) is 12.5. The van der Waals surface area contributed by atoms with Gasteiger partial charge in [0.2, 0.25) is 5.91 Å². The first-order valence-electron chi connectivity index (χ1n) is 24.9. The van der Waals surface area contributed by atoms with Gasteiger partial charge in [0.05, 0.1) is 18.8 Å². The Hall–Kier alpha value is -1.69. The summed E-state index contributed by atoms with van der Waals surface area (Å²) in [6.45, 7) is 4.08. The molecule has 0 rings (SSSR count). The minimum Gasteiger partial charge on any atom is -0.394 e. The number of unbranched alkanes of at least 4 members (excludes halogenated alkanes) is 29. The zero-order valence-corrected chi connectivity index (χ0v) is 38.0. The molecule has 3 atom stereocenters. The summed E-state index contributed by atoms with van der Waals surface area (Å²) in [5, 5.41) is 33.6. The molecule has 0 saturated carbocycles. The molecule has 334 valence electrons. The molecular weight excluding hydrogens is 703 g/mol. The van der Waals surface area contributed by atoms with Gasteiger partial charge in [-0.05, 0) is 77.0 Å². The summed E-state index contributed by atoms with van der Waals surface area (Å²) in [6.07, 6.45) is 61.0. The smallest absolute Gasteiger partial charge is 0.220 e. The summed E-state index contributed by atoms with van der Waals surface area (Å²) < 4.78 is 0. The van der Waals surface area contributed by atoms with Crippen LogP contribution in [-0.2, 0) is 4.79 Å². The van der Waals surface area contributed by atoms with Crippen molar-refractivity contribution in [2.24, 2.45) is 0 Å². The number of aliphatic hydroxyl groups excluding tert-OH is 3. The fourth-order valence-corrected chi connectivity index (χ4v) is 7.57. The van der Waals surface area contributed by atoms with Gasteiger partial charge < -0.3 is 20.6 Å². The molecule has 57 heavy (non-hydrogen) atoms. The van der Waals surface area contributed by atoms with Crippen LogP contribution < -0.4 is 5.32 Å². The number of rotatable bonds is 45. The second kappa shape index (κ2) is 47.0. The van der Waals surface area contributed by atoms with E-state index in [-0.39, 0.29) is 12.5 Å². The minimum atomic E-state index is -1.17. The van der Waals surface area contributed by atoms with E-state index >= 15 is 0 Å². The molecule has 0 aromatic rings. The summed E-state index contributed by atoms with van der Waals surface area (Å²) in [5.74, 6) is -0.158. The van der Waals surface area contributed by atoms with Crippen molar-refractivity contribution in [1.29, 1.82) is 0 Å². The highest BCUT2D eigenvalue weighted by Crippen LogP contribution is 2.16. The van der Waals surface area contributed by atoms with Crippen molar-refractivity contribution < 1.29 is 20.1 Å². The van der Waals surface area contributed by atoms with Gasteiger partial charge >= 0.3 is 0 Å². The maximum Gasteiger partial charge on any atom is 0.220 e. The standard InChI is InChI=1S/C52H97NO4/c1-3-5-7-9-11-13-15-17-19-21-23-25-27-28-30-32-34-36-38-40-42-44-46-50(55)52(57)49(48-54)53-51(56)47-45-43-41-39-37-35-33-31-29-26-24-22-20-18-16-14-12-10-8-6-4-2/h6,8,12,14,30,32,38,40,49-50,52,54-55,57H,3-5,7,9-11,13,15-29,31,33-37,39,41-48H2,1-2H3,(H,53,56)/b8-6-,14-12-,32-30+,40-38+. The van der Waals surface area contributed by atoms with E-state index in [0.717, 1.165) is 57.8 Å². The Bertz CT molecular complexity index is 927. The topological polar surface area (TPSA) is 89.8 Å². The minimum absolute atomic E-state index is 0.158. The monoisotopic (exact) mass is 800 g/mol. The Morgan fingerprint density at radius 1 is 0.456 bits per heavy atom. The summed E-state index contributed by atoms with van der Waals surface area (Å²) in [5.41, 5.74) is 0. The van der Waals surface area contributed by atoms with Crippen LogP contribution in [0.15, 0.2) is 48.6 Å². The van der Waals surface area contributed by atoms with Crippen molar-refractivity contribution >= 4 is 5.91 Å². The van der Waals surface area contributed by atoms with Crippen LogP contribution in [0.2, 0.25) is 0 Å². The van der Waals surface area contributed by atoms with Gasteiger partial charge in [-0.1, -0.05) is 217 Å². The third kappa shape index (κ3) is 42.2. The van der Waals surface area contributed by atoms with Crippen LogP contribution in [0, 0.1) is 0 Å². The number of aliphatic hydroxyl groups is 3. The molecule has 0 aromatic carbocycles. The summed E-state index contributed by atoms with van der Waals surface area (Å²) >= 11 is 0. The van der Waals surface area contributed by atoms with Crippen molar-refractivity contribution in [2.75, 3.05) is 6.61 Å². The molecule has 5 heteroatoms. The highest BCUT2D eigenvalue weighted by atomic mass is 16.3. The van der Waals surface area contributed by atoms with Crippen LogP contribution in [0.1, 0.15) is 251 Å². The van der Waals surface area contributed by atoms with E-state index in [1.165, 1.54) is 167 Å². The lowest BCUT2D eigenvalue weighted by Crippen LogP contribution is -2.50. The van der Waals surface area contributed by atoms with Gasteiger partial charge in [0.15, 0.2) is 0 Å². The number of hydrogen-bond donors (Lipinski definition) is 4. The molecule has 3 unspecified atom stereocenters. The number of carbonyl (C=O) groups excluding carboxylic acids is 1. The van der Waals surface area contributed by atoms with E-state index < -0.39 is 18.2 Å². The van der Waals surface area contributed by atoms with Crippen molar-refractivity contribution in [3.05, 3.63) is 48.6 Å². The van der Waals surface area contributed by atoms with Gasteiger partial charge in [0, 0.05) is 6.42 Å². The molecule has 0 bridgehead atoms. The fraction of sp³-hybridized carbons (Fsp3) is 0.827. The van der Waals surface area contributed by atoms with E-state index in [4.69, 9.17) is 0 Å². The lowest BCUT2D eigenvalue weighted by atomic mass is 10.0. The number of nitrogens with one attached hydrogen (secondary N) is 1. The second-order valence-corrected chi connectivity index (χ2v) is 17.0. The van der Waals surface area contributed by atoms with Crippen molar-refractivity contribution in [3.63, 3.8) is 0 Å². The van der Waals surface area contributed by atoms with Gasteiger partial charge in [-0.25, -0.2) is 0 Å². The van der Waals surface area contributed by atoms with Crippen LogP contribution in [0.25, 0.3) is 0 Å². The highest BCUT2D eigenvalue weighted by molar-refractivity contribution is 5.76. The predicted molar refractivity (Wildman–Crippen MR) is 250 cm³/mol. The van der Waals surface area contributed by atoms with Crippen molar-refractivity contribution in [3.8, 4) is 0 Å². The quantitative estimate of drug-likeness (QED) is 0.0365. The Morgan fingerprint density at radius 2 is 0.825 bits per heavy atom. The van der Waals surface area contributed by atoms with Crippen molar-refractivity contribution in [1.82, 2.24) is 5.32 Å². The molecule has 0 aromatic heterocycles. The Labute approximate surface area is 355 Å². The zero-order valence-electron chi connectivity index (χ0n) is 38.0. The van der Waals surface area contributed by atoms with E-state index in [1.807, 2.05) is 0 Å². The molecule has 4 N–H and O–H groups in total.